The molecule has 16 heavy (non-hydrogen) atoms. The van der Waals surface area contributed by atoms with Crippen molar-refractivity contribution in [3.63, 3.8) is 0 Å². The average Bonchev–Trinajstić information content (AvgIpc) is 2.27. The van der Waals surface area contributed by atoms with Gasteiger partial charge < -0.3 is 11.1 Å². The zero-order chi connectivity index (χ0) is 12.0. The second-order valence-electron chi connectivity index (χ2n) is 3.44. The van der Waals surface area contributed by atoms with E-state index in [4.69, 9.17) is 11.1 Å². The minimum atomic E-state index is -0.721. The Bertz CT molecular complexity index is 410. The average molecular weight is 217 g/mol. The molecule has 1 aromatic carbocycles. The van der Waals surface area contributed by atoms with Crippen molar-refractivity contribution < 1.29 is 4.79 Å². The van der Waals surface area contributed by atoms with Crippen molar-refractivity contribution in [2.45, 2.75) is 13.5 Å². The monoisotopic (exact) mass is 217 g/mol. The fraction of sp³-hybridized carbons (Fsp3) is 0.167. The zero-order valence-electron chi connectivity index (χ0n) is 9.16. The SMILES string of the molecule is C/C(=C/C(=N)C(N)=O)NCc1ccccc1. The Labute approximate surface area is 94.7 Å². The van der Waals surface area contributed by atoms with Crippen molar-refractivity contribution in [3.8, 4) is 0 Å². The first-order chi connectivity index (χ1) is 7.59. The molecule has 0 aliphatic heterocycles. The number of amides is 1. The summed E-state index contributed by atoms with van der Waals surface area (Å²) in [6.07, 6.45) is 1.42. The molecule has 0 fully saturated rings. The van der Waals surface area contributed by atoms with Gasteiger partial charge in [-0.05, 0) is 18.6 Å². The van der Waals surface area contributed by atoms with Crippen LogP contribution in [-0.4, -0.2) is 11.6 Å². The first kappa shape index (κ1) is 12.0. The van der Waals surface area contributed by atoms with Crippen molar-refractivity contribution in [1.29, 1.82) is 5.41 Å². The van der Waals surface area contributed by atoms with Gasteiger partial charge in [0.15, 0.2) is 0 Å². The highest BCUT2D eigenvalue weighted by atomic mass is 16.1. The standard InChI is InChI=1S/C12H15N3O/c1-9(7-11(13)12(14)16)15-8-10-5-3-2-4-6-10/h2-7,13,15H,8H2,1H3,(H2,14,16)/b9-7-,13-11?. The first-order valence-corrected chi connectivity index (χ1v) is 4.94. The van der Waals surface area contributed by atoms with Gasteiger partial charge in [-0.1, -0.05) is 30.3 Å². The molecule has 0 heterocycles. The van der Waals surface area contributed by atoms with E-state index in [9.17, 15) is 4.79 Å². The second kappa shape index (κ2) is 5.70. The molecule has 0 atom stereocenters. The molecule has 0 bridgehead atoms. The van der Waals surface area contributed by atoms with Gasteiger partial charge in [0, 0.05) is 12.2 Å². The minimum absolute atomic E-state index is 0.196. The largest absolute Gasteiger partial charge is 0.384 e. The highest BCUT2D eigenvalue weighted by molar-refractivity contribution is 6.41. The third kappa shape index (κ3) is 3.96. The Balaban J connectivity index is 2.50. The van der Waals surface area contributed by atoms with Crippen LogP contribution in [0.5, 0.6) is 0 Å². The molecule has 84 valence electrons. The van der Waals surface area contributed by atoms with Crippen molar-refractivity contribution in [2.24, 2.45) is 5.73 Å². The number of carbonyl (C=O) groups is 1. The van der Waals surface area contributed by atoms with Gasteiger partial charge in [-0.3, -0.25) is 10.2 Å². The summed E-state index contributed by atoms with van der Waals surface area (Å²) in [5, 5.41) is 10.4. The lowest BCUT2D eigenvalue weighted by Gasteiger charge is -2.06. The Morgan fingerprint density at radius 3 is 2.62 bits per heavy atom. The minimum Gasteiger partial charge on any atom is -0.384 e. The van der Waals surface area contributed by atoms with Gasteiger partial charge in [0.05, 0.1) is 0 Å². The van der Waals surface area contributed by atoms with Gasteiger partial charge in [0.25, 0.3) is 5.91 Å². The van der Waals surface area contributed by atoms with E-state index in [0.29, 0.717) is 6.54 Å². The van der Waals surface area contributed by atoms with Gasteiger partial charge in [-0.25, -0.2) is 0 Å². The van der Waals surface area contributed by atoms with Gasteiger partial charge >= 0.3 is 0 Å². The molecule has 0 radical (unpaired) electrons. The van der Waals surface area contributed by atoms with Crippen LogP contribution in [0.15, 0.2) is 42.1 Å². The molecule has 0 aromatic heterocycles. The number of nitrogens with one attached hydrogen (secondary N) is 2. The topological polar surface area (TPSA) is 79.0 Å². The Kier molecular flexibility index (Phi) is 4.27. The summed E-state index contributed by atoms with van der Waals surface area (Å²) in [5.74, 6) is -0.721. The fourth-order valence-corrected chi connectivity index (χ4v) is 1.18. The Hall–Kier alpha value is -2.10. The van der Waals surface area contributed by atoms with Crippen LogP contribution in [0.4, 0.5) is 0 Å². The molecule has 0 spiro atoms. The van der Waals surface area contributed by atoms with Crippen LogP contribution in [0.2, 0.25) is 0 Å². The smallest absolute Gasteiger partial charge is 0.266 e. The van der Waals surface area contributed by atoms with Gasteiger partial charge in [0.2, 0.25) is 0 Å². The molecular formula is C12H15N3O. The predicted molar refractivity (Wildman–Crippen MR) is 64.0 cm³/mol. The Morgan fingerprint density at radius 1 is 1.44 bits per heavy atom. The molecule has 1 aromatic rings. The van der Waals surface area contributed by atoms with Crippen molar-refractivity contribution in [1.82, 2.24) is 5.32 Å². The lowest BCUT2D eigenvalue weighted by molar-refractivity contribution is -0.111. The summed E-state index contributed by atoms with van der Waals surface area (Å²) >= 11 is 0. The van der Waals surface area contributed by atoms with E-state index in [-0.39, 0.29) is 5.71 Å². The number of allylic oxidation sites excluding steroid dienone is 1. The maximum absolute atomic E-state index is 10.6. The number of carbonyl (C=O) groups excluding carboxylic acids is 1. The fourth-order valence-electron chi connectivity index (χ4n) is 1.18. The molecule has 4 N–H and O–H groups in total. The molecule has 0 saturated carbocycles. The van der Waals surface area contributed by atoms with E-state index < -0.39 is 5.91 Å². The molecule has 1 rings (SSSR count). The zero-order valence-corrected chi connectivity index (χ0v) is 9.16. The van der Waals surface area contributed by atoms with Crippen LogP contribution in [0.3, 0.4) is 0 Å². The van der Waals surface area contributed by atoms with Crippen molar-refractivity contribution in [2.75, 3.05) is 0 Å². The summed E-state index contributed by atoms with van der Waals surface area (Å²) in [4.78, 5) is 10.6. The van der Waals surface area contributed by atoms with Crippen LogP contribution in [0.1, 0.15) is 12.5 Å². The number of rotatable bonds is 5. The van der Waals surface area contributed by atoms with E-state index in [0.717, 1.165) is 11.3 Å². The number of primary amides is 1. The normalized spacial score (nSPS) is 10.9. The van der Waals surface area contributed by atoms with Crippen LogP contribution in [0, 0.1) is 5.41 Å². The van der Waals surface area contributed by atoms with E-state index in [2.05, 4.69) is 5.32 Å². The van der Waals surface area contributed by atoms with E-state index >= 15 is 0 Å². The summed E-state index contributed by atoms with van der Waals surface area (Å²) < 4.78 is 0. The molecular weight excluding hydrogens is 202 g/mol. The summed E-state index contributed by atoms with van der Waals surface area (Å²) in [6, 6.07) is 9.87. The van der Waals surface area contributed by atoms with Gasteiger partial charge in [-0.2, -0.15) is 0 Å². The molecule has 1 amide bonds. The predicted octanol–water partition coefficient (Wildman–Crippen LogP) is 1.19. The van der Waals surface area contributed by atoms with Crippen LogP contribution >= 0.6 is 0 Å². The van der Waals surface area contributed by atoms with E-state index in [1.54, 1.807) is 6.92 Å². The summed E-state index contributed by atoms with van der Waals surface area (Å²) in [5.41, 5.74) is 6.64. The van der Waals surface area contributed by atoms with Crippen molar-refractivity contribution >= 4 is 11.6 Å². The van der Waals surface area contributed by atoms with E-state index in [1.165, 1.54) is 6.08 Å². The maximum atomic E-state index is 10.6. The van der Waals surface area contributed by atoms with Crippen molar-refractivity contribution in [3.05, 3.63) is 47.7 Å². The lowest BCUT2D eigenvalue weighted by Crippen LogP contribution is -2.22. The van der Waals surface area contributed by atoms with Gasteiger partial charge in [0.1, 0.15) is 5.71 Å². The Morgan fingerprint density at radius 2 is 2.06 bits per heavy atom. The lowest BCUT2D eigenvalue weighted by atomic mass is 10.2. The van der Waals surface area contributed by atoms with E-state index in [1.807, 2.05) is 30.3 Å². The van der Waals surface area contributed by atoms with Crippen LogP contribution < -0.4 is 11.1 Å². The summed E-state index contributed by atoms with van der Waals surface area (Å²) in [7, 11) is 0. The quantitative estimate of drug-likeness (QED) is 0.648. The molecule has 0 unspecified atom stereocenters. The first-order valence-electron chi connectivity index (χ1n) is 4.94. The summed E-state index contributed by atoms with van der Waals surface area (Å²) in [6.45, 7) is 2.45. The number of benzene rings is 1. The molecule has 4 nitrogen and oxygen atoms in total. The number of hydrogen-bond donors (Lipinski definition) is 3. The van der Waals surface area contributed by atoms with Crippen LogP contribution in [-0.2, 0) is 11.3 Å². The van der Waals surface area contributed by atoms with Gasteiger partial charge in [-0.15, -0.1) is 0 Å². The molecule has 0 aliphatic rings. The number of hydrogen-bond acceptors (Lipinski definition) is 3. The third-order valence-corrected chi connectivity index (χ3v) is 2.04. The van der Waals surface area contributed by atoms with Crippen LogP contribution in [0.25, 0.3) is 0 Å². The molecule has 0 aliphatic carbocycles. The molecule has 0 saturated heterocycles. The highest BCUT2D eigenvalue weighted by Gasteiger charge is 2.00. The third-order valence-electron chi connectivity index (χ3n) is 2.04. The number of nitrogens with two attached hydrogens (primary N) is 1. The molecule has 4 heteroatoms. The second-order valence-corrected chi connectivity index (χ2v) is 3.44. The maximum Gasteiger partial charge on any atom is 0.266 e. The highest BCUT2D eigenvalue weighted by Crippen LogP contribution is 1.99.